The van der Waals surface area contributed by atoms with E-state index in [0.717, 1.165) is 41.8 Å². The SMILES string of the molecule is c1cc(-c2ccc(CCCCCCCCCC3CC3)nn2)ncc1CCCCCCCCCC1CC1. The quantitative estimate of drug-likeness (QED) is 0.164. The zero-order valence-electron chi connectivity index (χ0n) is 22.9. The maximum absolute atomic E-state index is 4.67. The lowest BCUT2D eigenvalue weighted by Crippen LogP contribution is -1.97. The number of rotatable bonds is 21. The van der Waals surface area contributed by atoms with E-state index in [-0.39, 0.29) is 0 Å². The highest BCUT2D eigenvalue weighted by Gasteiger charge is 2.20. The topological polar surface area (TPSA) is 38.7 Å². The Morgan fingerprint density at radius 2 is 1.03 bits per heavy atom. The third-order valence-electron chi connectivity index (χ3n) is 8.32. The predicted octanol–water partition coefficient (Wildman–Crippen LogP) is 9.69. The van der Waals surface area contributed by atoms with Crippen LogP contribution in [-0.2, 0) is 12.8 Å². The fourth-order valence-electron chi connectivity index (χ4n) is 5.44. The van der Waals surface area contributed by atoms with Gasteiger partial charge in [0.2, 0.25) is 0 Å². The van der Waals surface area contributed by atoms with Crippen molar-refractivity contribution in [3.63, 3.8) is 0 Å². The zero-order chi connectivity index (χ0) is 24.7. The van der Waals surface area contributed by atoms with Crippen LogP contribution in [0.3, 0.4) is 0 Å². The first-order valence-electron chi connectivity index (χ1n) is 15.6. The van der Waals surface area contributed by atoms with Gasteiger partial charge in [0.15, 0.2) is 0 Å². The summed E-state index contributed by atoms with van der Waals surface area (Å²) >= 11 is 0. The summed E-state index contributed by atoms with van der Waals surface area (Å²) in [6.45, 7) is 0. The van der Waals surface area contributed by atoms with Crippen LogP contribution in [0.2, 0.25) is 0 Å². The first kappa shape index (κ1) is 27.3. The molecule has 36 heavy (non-hydrogen) atoms. The van der Waals surface area contributed by atoms with E-state index >= 15 is 0 Å². The number of pyridine rings is 1. The number of hydrogen-bond donors (Lipinski definition) is 0. The van der Waals surface area contributed by atoms with Crippen molar-refractivity contribution in [2.75, 3.05) is 0 Å². The maximum atomic E-state index is 4.67. The van der Waals surface area contributed by atoms with Crippen molar-refractivity contribution < 1.29 is 0 Å². The second kappa shape index (κ2) is 16.2. The number of unbranched alkanes of at least 4 members (excludes halogenated alkanes) is 12. The van der Waals surface area contributed by atoms with Crippen molar-refractivity contribution in [1.29, 1.82) is 0 Å². The van der Waals surface area contributed by atoms with Crippen LogP contribution in [0, 0.1) is 11.8 Å². The first-order valence-corrected chi connectivity index (χ1v) is 15.6. The molecule has 3 nitrogen and oxygen atoms in total. The molecule has 0 radical (unpaired) electrons. The van der Waals surface area contributed by atoms with E-state index < -0.39 is 0 Å². The zero-order valence-corrected chi connectivity index (χ0v) is 22.9. The van der Waals surface area contributed by atoms with Gasteiger partial charge in [-0.2, -0.15) is 5.10 Å². The molecule has 2 fully saturated rings. The second-order valence-electron chi connectivity index (χ2n) is 11.9. The lowest BCUT2D eigenvalue weighted by Gasteiger charge is -2.05. The maximum Gasteiger partial charge on any atom is 0.111 e. The predicted molar refractivity (Wildman–Crippen MR) is 152 cm³/mol. The minimum absolute atomic E-state index is 0.887. The van der Waals surface area contributed by atoms with Gasteiger partial charge in [0.05, 0.1) is 11.4 Å². The van der Waals surface area contributed by atoms with Gasteiger partial charge in [0, 0.05) is 6.20 Å². The summed E-state index contributed by atoms with van der Waals surface area (Å²) in [6.07, 6.45) is 32.7. The lowest BCUT2D eigenvalue weighted by molar-refractivity contribution is 0.551. The van der Waals surface area contributed by atoms with Gasteiger partial charge in [-0.1, -0.05) is 122 Å². The van der Waals surface area contributed by atoms with E-state index in [9.17, 15) is 0 Å². The van der Waals surface area contributed by atoms with Crippen LogP contribution in [0.1, 0.15) is 140 Å². The summed E-state index contributed by atoms with van der Waals surface area (Å²) in [7, 11) is 0. The van der Waals surface area contributed by atoms with Crippen molar-refractivity contribution in [3.8, 4) is 11.4 Å². The molecule has 0 bridgehead atoms. The molecule has 4 rings (SSSR count). The van der Waals surface area contributed by atoms with E-state index in [1.54, 1.807) is 0 Å². The van der Waals surface area contributed by atoms with Gasteiger partial charge < -0.3 is 0 Å². The van der Waals surface area contributed by atoms with Crippen molar-refractivity contribution in [2.24, 2.45) is 11.8 Å². The van der Waals surface area contributed by atoms with Crippen LogP contribution >= 0.6 is 0 Å². The van der Waals surface area contributed by atoms with Gasteiger partial charge in [-0.3, -0.25) is 4.98 Å². The second-order valence-corrected chi connectivity index (χ2v) is 11.9. The number of aryl methyl sites for hydroxylation is 2. The molecule has 2 aromatic rings. The summed E-state index contributed by atoms with van der Waals surface area (Å²) in [5.74, 6) is 2.21. The summed E-state index contributed by atoms with van der Waals surface area (Å²) in [5.41, 5.74) is 4.28. The molecule has 2 saturated carbocycles. The molecule has 0 saturated heterocycles. The molecule has 0 N–H and O–H groups in total. The molecule has 2 aromatic heterocycles. The van der Waals surface area contributed by atoms with E-state index in [1.165, 1.54) is 134 Å². The first-order chi connectivity index (χ1) is 17.9. The Hall–Kier alpha value is -1.77. The molecular weight excluding hydrogens is 438 g/mol. The van der Waals surface area contributed by atoms with Crippen molar-refractivity contribution in [3.05, 3.63) is 41.7 Å². The molecule has 0 spiro atoms. The number of hydrogen-bond acceptors (Lipinski definition) is 3. The van der Waals surface area contributed by atoms with Gasteiger partial charge in [0.1, 0.15) is 5.69 Å². The average Bonchev–Trinajstić information content (AvgIpc) is 3.84. The van der Waals surface area contributed by atoms with Gasteiger partial charge in [0.25, 0.3) is 0 Å². The highest BCUT2D eigenvalue weighted by atomic mass is 15.1. The summed E-state index contributed by atoms with van der Waals surface area (Å²) < 4.78 is 0. The molecule has 0 unspecified atom stereocenters. The van der Waals surface area contributed by atoms with Gasteiger partial charge >= 0.3 is 0 Å². The molecular formula is C33H51N3. The van der Waals surface area contributed by atoms with E-state index in [0.29, 0.717) is 0 Å². The Morgan fingerprint density at radius 1 is 0.500 bits per heavy atom. The third kappa shape index (κ3) is 11.5. The largest absolute Gasteiger partial charge is 0.254 e. The molecule has 2 heterocycles. The fraction of sp³-hybridized carbons (Fsp3) is 0.727. The Balaban J connectivity index is 1.01. The van der Waals surface area contributed by atoms with E-state index in [1.807, 2.05) is 6.20 Å². The smallest absolute Gasteiger partial charge is 0.111 e. The Morgan fingerprint density at radius 3 is 1.53 bits per heavy atom. The molecule has 198 valence electrons. The minimum Gasteiger partial charge on any atom is -0.254 e. The molecule has 0 atom stereocenters. The Kier molecular flexibility index (Phi) is 12.2. The monoisotopic (exact) mass is 489 g/mol. The average molecular weight is 490 g/mol. The summed E-state index contributed by atoms with van der Waals surface area (Å²) in [6, 6.07) is 8.57. The molecule has 0 amide bonds. The van der Waals surface area contributed by atoms with E-state index in [4.69, 9.17) is 0 Å². The Bertz CT molecular complexity index is 750. The number of aromatic nitrogens is 3. The molecule has 2 aliphatic carbocycles. The van der Waals surface area contributed by atoms with Crippen LogP contribution < -0.4 is 0 Å². The molecule has 3 heteroatoms. The van der Waals surface area contributed by atoms with Crippen LogP contribution in [0.4, 0.5) is 0 Å². The van der Waals surface area contributed by atoms with Gasteiger partial charge in [-0.05, 0) is 61.3 Å². The summed E-state index contributed by atoms with van der Waals surface area (Å²) in [5, 5.41) is 8.94. The molecule has 0 aromatic carbocycles. The van der Waals surface area contributed by atoms with E-state index in [2.05, 4.69) is 39.4 Å². The lowest BCUT2D eigenvalue weighted by atomic mass is 10.0. The normalized spacial score (nSPS) is 15.4. The highest BCUT2D eigenvalue weighted by molar-refractivity contribution is 5.53. The van der Waals surface area contributed by atoms with Crippen LogP contribution in [0.15, 0.2) is 30.5 Å². The van der Waals surface area contributed by atoms with Gasteiger partial charge in [-0.15, -0.1) is 5.10 Å². The standard InChI is InChI=1S/C33H51N3/c1(3-7-11-15-28-19-20-28)5-9-13-17-30-23-25-32(34-27-30)33-26-24-31(35-36-33)18-14-10-6-2-4-8-12-16-29-21-22-29/h23-29H,1-22H2. The third-order valence-corrected chi connectivity index (χ3v) is 8.32. The van der Waals surface area contributed by atoms with Crippen molar-refractivity contribution in [2.45, 2.75) is 141 Å². The Labute approximate surface area is 221 Å². The fourth-order valence-corrected chi connectivity index (χ4v) is 5.44. The van der Waals surface area contributed by atoms with Crippen LogP contribution in [0.25, 0.3) is 11.4 Å². The van der Waals surface area contributed by atoms with Gasteiger partial charge in [-0.25, -0.2) is 0 Å². The highest BCUT2D eigenvalue weighted by Crippen LogP contribution is 2.34. The van der Waals surface area contributed by atoms with Crippen LogP contribution in [-0.4, -0.2) is 15.2 Å². The van der Waals surface area contributed by atoms with Crippen LogP contribution in [0.5, 0.6) is 0 Å². The number of nitrogens with zero attached hydrogens (tertiary/aromatic N) is 3. The van der Waals surface area contributed by atoms with Crippen molar-refractivity contribution >= 4 is 0 Å². The molecule has 0 aliphatic heterocycles. The summed E-state index contributed by atoms with van der Waals surface area (Å²) in [4.78, 5) is 4.67. The molecule has 2 aliphatic rings. The van der Waals surface area contributed by atoms with Crippen molar-refractivity contribution in [1.82, 2.24) is 15.2 Å². The minimum atomic E-state index is 0.887.